The predicted molar refractivity (Wildman–Crippen MR) is 83.3 cm³/mol. The first kappa shape index (κ1) is 19.0. The first-order valence-electron chi connectivity index (χ1n) is 7.17. The van der Waals surface area contributed by atoms with Crippen molar-refractivity contribution in [2.24, 2.45) is 0 Å². The van der Waals surface area contributed by atoms with Crippen molar-refractivity contribution in [2.45, 2.75) is 31.1 Å². The second kappa shape index (κ2) is 8.53. The lowest BCUT2D eigenvalue weighted by molar-refractivity contribution is -0.160. The Balaban J connectivity index is 3.39. The molecule has 1 unspecified atom stereocenters. The standard InChI is InChI=1S/C16H19ClO6/c1-3-22-14(20)16(17,15(21)23-4-2)12(10-13(18)19)11-8-6-5-7-9-11/h5-9,12H,3-4,10H2,1-2H3,(H,18,19). The number of ether oxygens (including phenoxy) is 2. The summed E-state index contributed by atoms with van der Waals surface area (Å²) in [6.07, 6.45) is -0.523. The summed E-state index contributed by atoms with van der Waals surface area (Å²) >= 11 is 6.33. The maximum absolute atomic E-state index is 12.3. The smallest absolute Gasteiger partial charge is 0.339 e. The van der Waals surface area contributed by atoms with E-state index in [-0.39, 0.29) is 13.2 Å². The van der Waals surface area contributed by atoms with Crippen LogP contribution in [-0.2, 0) is 23.9 Å². The minimum Gasteiger partial charge on any atom is -0.481 e. The molecule has 1 aromatic rings. The molecule has 0 bridgehead atoms. The topological polar surface area (TPSA) is 89.9 Å². The Bertz CT molecular complexity index is 539. The van der Waals surface area contributed by atoms with Crippen molar-refractivity contribution in [1.82, 2.24) is 0 Å². The monoisotopic (exact) mass is 342 g/mol. The van der Waals surface area contributed by atoms with Crippen LogP contribution in [0.3, 0.4) is 0 Å². The van der Waals surface area contributed by atoms with Crippen LogP contribution < -0.4 is 0 Å². The number of alkyl halides is 1. The van der Waals surface area contributed by atoms with Gasteiger partial charge >= 0.3 is 17.9 Å². The third-order valence-electron chi connectivity index (χ3n) is 3.21. The second-order valence-corrected chi connectivity index (χ2v) is 5.31. The molecule has 6 nitrogen and oxygen atoms in total. The molecular weight excluding hydrogens is 324 g/mol. The van der Waals surface area contributed by atoms with E-state index in [0.717, 1.165) is 0 Å². The van der Waals surface area contributed by atoms with Crippen molar-refractivity contribution in [1.29, 1.82) is 0 Å². The number of esters is 2. The number of carboxylic acids is 1. The van der Waals surface area contributed by atoms with Gasteiger partial charge in [0.1, 0.15) is 0 Å². The normalized spacial score (nSPS) is 12.3. The van der Waals surface area contributed by atoms with Crippen LogP contribution in [0.4, 0.5) is 0 Å². The second-order valence-electron chi connectivity index (χ2n) is 4.71. The van der Waals surface area contributed by atoms with Gasteiger partial charge in [-0.2, -0.15) is 0 Å². The Morgan fingerprint density at radius 2 is 1.57 bits per heavy atom. The Hall–Kier alpha value is -2.08. The summed E-state index contributed by atoms with van der Waals surface area (Å²) in [5, 5.41) is 9.17. The minimum absolute atomic E-state index is 0.00128. The average Bonchev–Trinajstić information content (AvgIpc) is 2.53. The minimum atomic E-state index is -2.26. The van der Waals surface area contributed by atoms with Gasteiger partial charge in [0.15, 0.2) is 0 Å². The van der Waals surface area contributed by atoms with Gasteiger partial charge in [-0.05, 0) is 19.4 Å². The van der Waals surface area contributed by atoms with Crippen LogP contribution >= 0.6 is 11.6 Å². The predicted octanol–water partition coefficient (Wildman–Crippen LogP) is 2.35. The molecule has 1 N–H and O–H groups in total. The van der Waals surface area contributed by atoms with E-state index in [1.54, 1.807) is 44.2 Å². The van der Waals surface area contributed by atoms with Gasteiger partial charge in [0.25, 0.3) is 0 Å². The van der Waals surface area contributed by atoms with Crippen molar-refractivity contribution in [3.63, 3.8) is 0 Å². The molecule has 0 saturated carbocycles. The molecule has 126 valence electrons. The molecule has 0 aliphatic heterocycles. The van der Waals surface area contributed by atoms with Gasteiger partial charge in [-0.15, -0.1) is 0 Å². The van der Waals surface area contributed by atoms with Gasteiger partial charge in [-0.3, -0.25) is 4.79 Å². The highest BCUT2D eigenvalue weighted by molar-refractivity contribution is 6.45. The van der Waals surface area contributed by atoms with Crippen molar-refractivity contribution < 1.29 is 29.0 Å². The van der Waals surface area contributed by atoms with E-state index < -0.39 is 35.1 Å². The zero-order valence-electron chi connectivity index (χ0n) is 13.0. The molecule has 23 heavy (non-hydrogen) atoms. The van der Waals surface area contributed by atoms with Crippen LogP contribution in [0.25, 0.3) is 0 Å². The lowest BCUT2D eigenvalue weighted by atomic mass is 9.82. The fraction of sp³-hybridized carbons (Fsp3) is 0.438. The SMILES string of the molecule is CCOC(=O)C(Cl)(C(=O)OCC)C(CC(=O)O)c1ccccc1. The van der Waals surface area contributed by atoms with E-state index in [9.17, 15) is 14.4 Å². The van der Waals surface area contributed by atoms with Crippen molar-refractivity contribution in [3.05, 3.63) is 35.9 Å². The number of carboxylic acid groups (broad SMARTS) is 1. The molecule has 0 aliphatic carbocycles. The highest BCUT2D eigenvalue weighted by atomic mass is 35.5. The van der Waals surface area contributed by atoms with Crippen LogP contribution in [0, 0.1) is 0 Å². The number of carbonyl (C=O) groups is 3. The van der Waals surface area contributed by atoms with Gasteiger partial charge < -0.3 is 14.6 Å². The lowest BCUT2D eigenvalue weighted by Gasteiger charge is -2.30. The first-order valence-corrected chi connectivity index (χ1v) is 7.55. The fourth-order valence-corrected chi connectivity index (χ4v) is 2.50. The molecular formula is C16H19ClO6. The lowest BCUT2D eigenvalue weighted by Crippen LogP contribution is -2.49. The molecule has 0 fully saturated rings. The number of hydrogen-bond acceptors (Lipinski definition) is 5. The Kier molecular flexibility index (Phi) is 7.03. The van der Waals surface area contributed by atoms with Crippen LogP contribution in [0.15, 0.2) is 30.3 Å². The molecule has 1 atom stereocenters. The summed E-state index contributed by atoms with van der Waals surface area (Å²) < 4.78 is 9.79. The fourth-order valence-electron chi connectivity index (χ4n) is 2.19. The molecule has 0 amide bonds. The average molecular weight is 343 g/mol. The highest BCUT2D eigenvalue weighted by Crippen LogP contribution is 2.39. The molecule has 0 heterocycles. The maximum Gasteiger partial charge on any atom is 0.339 e. The van der Waals surface area contributed by atoms with Gasteiger partial charge in [-0.1, -0.05) is 41.9 Å². The summed E-state index contributed by atoms with van der Waals surface area (Å²) in [6.45, 7) is 3.13. The number of rotatable bonds is 8. The summed E-state index contributed by atoms with van der Waals surface area (Å²) in [5.74, 6) is -4.36. The summed E-state index contributed by atoms with van der Waals surface area (Å²) in [5.41, 5.74) is 0.436. The van der Waals surface area contributed by atoms with Gasteiger partial charge in [0.2, 0.25) is 4.87 Å². The van der Waals surface area contributed by atoms with Crippen LogP contribution in [0.1, 0.15) is 31.7 Å². The van der Waals surface area contributed by atoms with Crippen LogP contribution in [0.2, 0.25) is 0 Å². The maximum atomic E-state index is 12.3. The van der Waals surface area contributed by atoms with E-state index in [0.29, 0.717) is 5.56 Å². The van der Waals surface area contributed by atoms with Gasteiger partial charge in [0, 0.05) is 5.92 Å². The zero-order valence-corrected chi connectivity index (χ0v) is 13.7. The third-order valence-corrected chi connectivity index (χ3v) is 3.78. The van der Waals surface area contributed by atoms with Crippen LogP contribution in [-0.4, -0.2) is 41.1 Å². The molecule has 0 aromatic heterocycles. The Morgan fingerprint density at radius 3 is 1.96 bits per heavy atom. The van der Waals surface area contributed by atoms with E-state index in [1.807, 2.05) is 0 Å². The van der Waals surface area contributed by atoms with E-state index in [2.05, 4.69) is 0 Å². The van der Waals surface area contributed by atoms with Crippen molar-refractivity contribution >= 4 is 29.5 Å². The van der Waals surface area contributed by atoms with Gasteiger partial charge in [-0.25, -0.2) is 9.59 Å². The van der Waals surface area contributed by atoms with Crippen molar-refractivity contribution in [3.8, 4) is 0 Å². The van der Waals surface area contributed by atoms with E-state index in [1.165, 1.54) is 0 Å². The first-order chi connectivity index (χ1) is 10.9. The molecule has 1 rings (SSSR count). The Labute approximate surface area is 139 Å². The number of aliphatic carboxylic acids is 1. The summed E-state index contributed by atoms with van der Waals surface area (Å²) in [6, 6.07) is 8.26. The molecule has 1 aromatic carbocycles. The van der Waals surface area contributed by atoms with Crippen LogP contribution in [0.5, 0.6) is 0 Å². The molecule has 0 radical (unpaired) electrons. The van der Waals surface area contributed by atoms with E-state index >= 15 is 0 Å². The number of carbonyl (C=O) groups excluding carboxylic acids is 2. The van der Waals surface area contributed by atoms with Gasteiger partial charge in [0.05, 0.1) is 19.6 Å². The highest BCUT2D eigenvalue weighted by Gasteiger charge is 2.55. The number of benzene rings is 1. The third kappa shape index (κ3) is 4.45. The van der Waals surface area contributed by atoms with E-state index in [4.69, 9.17) is 26.2 Å². The summed E-state index contributed by atoms with van der Waals surface area (Å²) in [4.78, 5) is 33.6. The number of hydrogen-bond donors (Lipinski definition) is 1. The molecule has 0 spiro atoms. The zero-order chi connectivity index (χ0) is 17.5. The largest absolute Gasteiger partial charge is 0.481 e. The van der Waals surface area contributed by atoms with Crippen molar-refractivity contribution in [2.75, 3.05) is 13.2 Å². The number of halogens is 1. The Morgan fingerprint density at radius 1 is 1.09 bits per heavy atom. The molecule has 7 heteroatoms. The molecule has 0 aliphatic rings. The summed E-state index contributed by atoms with van der Waals surface area (Å²) in [7, 11) is 0. The molecule has 0 saturated heterocycles. The quantitative estimate of drug-likeness (QED) is 0.443.